The molecule has 0 aliphatic carbocycles. The second-order valence-corrected chi connectivity index (χ2v) is 1.70. The van der Waals surface area contributed by atoms with E-state index in [2.05, 4.69) is 0 Å². The van der Waals surface area contributed by atoms with Gasteiger partial charge in [0.15, 0.2) is 0 Å². The molecule has 1 saturated heterocycles. The minimum atomic E-state index is -5.00. The van der Waals surface area contributed by atoms with Gasteiger partial charge in [-0.3, -0.25) is 0 Å². The van der Waals surface area contributed by atoms with Crippen LogP contribution in [0, 0.1) is 0 Å². The van der Waals surface area contributed by atoms with E-state index in [0.29, 0.717) is 0 Å². The first kappa shape index (κ1) is 13.2. The van der Waals surface area contributed by atoms with E-state index in [1.54, 1.807) is 0 Å². The van der Waals surface area contributed by atoms with Crippen LogP contribution in [-0.2, 0) is 4.74 Å². The van der Waals surface area contributed by atoms with Crippen molar-refractivity contribution < 1.29 is 32.7 Å². The Morgan fingerprint density at radius 2 is 1.18 bits per heavy atom. The van der Waals surface area contributed by atoms with Crippen LogP contribution in [0.15, 0.2) is 0 Å². The van der Waals surface area contributed by atoms with Crippen molar-refractivity contribution in [3.63, 3.8) is 0 Å². The molecule has 2 nitrogen and oxygen atoms in total. The summed E-state index contributed by atoms with van der Waals surface area (Å²) in [5.74, 6) is 0. The van der Waals surface area contributed by atoms with Crippen molar-refractivity contribution >= 4 is 0 Å². The first-order valence-corrected chi connectivity index (χ1v) is 2.75. The van der Waals surface area contributed by atoms with Crippen LogP contribution >= 0.6 is 0 Å². The fourth-order valence-electron chi connectivity index (χ4n) is 0.510. The summed E-state index contributed by atoms with van der Waals surface area (Å²) in [7, 11) is 0. The molecule has 0 amide bonds. The van der Waals surface area contributed by atoms with Crippen LogP contribution in [-0.4, -0.2) is 18.6 Å². The van der Waals surface area contributed by atoms with Gasteiger partial charge >= 0.3 is 5.37 Å². The fraction of sp³-hybridized carbons (Fsp3) is 1.00. The van der Waals surface area contributed by atoms with Crippen molar-refractivity contribution in [1.29, 1.82) is 0 Å². The predicted molar refractivity (Wildman–Crippen MR) is 24.7 cm³/mol. The maximum atomic E-state index is 9.62. The van der Waals surface area contributed by atoms with Gasteiger partial charge in [0, 0.05) is 13.2 Å². The van der Waals surface area contributed by atoms with Crippen LogP contribution in [0.1, 0.15) is 12.8 Å². The molecule has 1 fully saturated rings. The van der Waals surface area contributed by atoms with Gasteiger partial charge in [-0.25, -0.2) is 0 Å². The molecular formula is C4H8F5NO. The highest BCUT2D eigenvalue weighted by atomic mass is 19.7. The summed E-state index contributed by atoms with van der Waals surface area (Å²) in [5, 5.41) is -5.00. The van der Waals surface area contributed by atoms with Crippen LogP contribution in [0.5, 0.6) is 0 Å². The molecule has 1 heterocycles. The molecule has 11 heavy (non-hydrogen) atoms. The Labute approximate surface area is 60.0 Å². The molecule has 0 aromatic rings. The third kappa shape index (κ3) is 26.3. The van der Waals surface area contributed by atoms with Gasteiger partial charge in [-0.1, -0.05) is 0 Å². The zero-order chi connectivity index (χ0) is 8.04. The van der Waals surface area contributed by atoms with Gasteiger partial charge < -0.3 is 9.44 Å². The second kappa shape index (κ2) is 6.29. The number of hydrogen-bond acceptors (Lipinski definition) is 1. The molecular weight excluding hydrogens is 173 g/mol. The van der Waals surface area contributed by atoms with Gasteiger partial charge in [0.25, 0.3) is 0 Å². The van der Waals surface area contributed by atoms with E-state index < -0.39 is 5.37 Å². The highest BCUT2D eigenvalue weighted by molar-refractivity contribution is 4.43. The number of quaternary nitrogens is 1. The first-order chi connectivity index (χ1) is 4.50. The molecule has 0 aromatic carbocycles. The smallest absolute Gasteiger partial charge is 0.440 e. The van der Waals surface area contributed by atoms with Crippen LogP contribution in [0.4, 0.5) is 17.9 Å². The highest BCUT2D eigenvalue weighted by Gasteiger charge is 2.30. The summed E-state index contributed by atoms with van der Waals surface area (Å²) in [6, 6.07) is 0. The Balaban J connectivity index is 0. The number of nitrogens with zero attached hydrogens (tertiary/aromatic N) is 1. The zero-order valence-corrected chi connectivity index (χ0v) is 5.57. The Morgan fingerprint density at radius 3 is 1.27 bits per heavy atom. The lowest BCUT2D eigenvalue weighted by Crippen LogP contribution is -3.00. The molecule has 0 spiro atoms. The Kier molecular flexibility index (Phi) is 7.54. The first-order valence-electron chi connectivity index (χ1n) is 2.75. The van der Waals surface area contributed by atoms with Gasteiger partial charge in [0.05, 0.1) is 0 Å². The van der Waals surface area contributed by atoms with E-state index >= 15 is 0 Å². The van der Waals surface area contributed by atoms with E-state index in [9.17, 15) is 17.9 Å². The third-order valence-corrected chi connectivity index (χ3v) is 0.827. The summed E-state index contributed by atoms with van der Waals surface area (Å²) in [4.78, 5) is 0. The standard InChI is InChI=1S/C4H8O.F4N.FH/c1-2-4-5-3-1;1-5(2,3)4;/h1-4H2;;1H/q;+1;/p-1. The molecule has 0 bridgehead atoms. The summed E-state index contributed by atoms with van der Waals surface area (Å²) in [5.41, 5.74) is 0. The lowest BCUT2D eigenvalue weighted by molar-refractivity contribution is -1.36. The Bertz CT molecular complexity index is 67.4. The second-order valence-electron chi connectivity index (χ2n) is 1.70. The summed E-state index contributed by atoms with van der Waals surface area (Å²) >= 11 is 0. The van der Waals surface area contributed by atoms with E-state index in [-0.39, 0.29) is 4.70 Å². The van der Waals surface area contributed by atoms with Crippen molar-refractivity contribution in [3.8, 4) is 0 Å². The quantitative estimate of drug-likeness (QED) is 0.349. The Morgan fingerprint density at radius 1 is 0.909 bits per heavy atom. The zero-order valence-electron chi connectivity index (χ0n) is 5.57. The van der Waals surface area contributed by atoms with Gasteiger partial charge in [0.2, 0.25) is 0 Å². The van der Waals surface area contributed by atoms with Crippen molar-refractivity contribution in [2.45, 2.75) is 12.8 Å². The van der Waals surface area contributed by atoms with Crippen molar-refractivity contribution in [2.24, 2.45) is 0 Å². The highest BCUT2D eigenvalue weighted by Crippen LogP contribution is 2.08. The predicted octanol–water partition coefficient (Wildman–Crippen LogP) is -0.858. The maximum Gasteiger partial charge on any atom is 0.440 e. The van der Waals surface area contributed by atoms with Crippen LogP contribution < -0.4 is 4.70 Å². The van der Waals surface area contributed by atoms with Crippen molar-refractivity contribution in [3.05, 3.63) is 0 Å². The summed E-state index contributed by atoms with van der Waals surface area (Å²) in [6.45, 7) is 2.00. The monoisotopic (exact) mass is 181 g/mol. The molecule has 0 saturated carbocycles. The minimum Gasteiger partial charge on any atom is -1.00 e. The molecule has 0 unspecified atom stereocenters. The molecule has 0 aromatic heterocycles. The van der Waals surface area contributed by atoms with E-state index in [1.165, 1.54) is 12.8 Å². The number of ether oxygens (including phenoxy) is 1. The van der Waals surface area contributed by atoms with Gasteiger partial charge in [-0.2, -0.15) is 0 Å². The van der Waals surface area contributed by atoms with Gasteiger partial charge in [0.1, 0.15) is 17.9 Å². The molecule has 0 N–H and O–H groups in total. The van der Waals surface area contributed by atoms with Crippen LogP contribution in [0.25, 0.3) is 0 Å². The molecule has 0 atom stereocenters. The van der Waals surface area contributed by atoms with Crippen molar-refractivity contribution in [1.82, 2.24) is 0 Å². The Hall–Kier alpha value is -0.430. The fourth-order valence-corrected chi connectivity index (χ4v) is 0.510. The molecule has 1 rings (SSSR count). The molecule has 1 aliphatic rings. The normalized spacial score (nSPS) is 16.4. The molecule has 0 radical (unpaired) electrons. The van der Waals surface area contributed by atoms with E-state index in [4.69, 9.17) is 4.74 Å². The minimum absolute atomic E-state index is 0. The van der Waals surface area contributed by atoms with E-state index in [1.807, 2.05) is 0 Å². The summed E-state index contributed by atoms with van der Waals surface area (Å²) < 4.78 is 43.4. The largest absolute Gasteiger partial charge is 1.00 e. The summed E-state index contributed by atoms with van der Waals surface area (Å²) in [6.07, 6.45) is 2.56. The van der Waals surface area contributed by atoms with Gasteiger partial charge in [-0.05, 0) is 12.8 Å². The molecule has 70 valence electrons. The third-order valence-electron chi connectivity index (χ3n) is 0.827. The molecule has 7 heteroatoms. The number of halogens is 5. The lowest BCUT2D eigenvalue weighted by atomic mass is 10.4. The van der Waals surface area contributed by atoms with Gasteiger partial charge in [-0.15, -0.1) is 0 Å². The average molecular weight is 181 g/mol. The van der Waals surface area contributed by atoms with Crippen LogP contribution in [0.3, 0.4) is 0 Å². The molecule has 1 aliphatic heterocycles. The maximum absolute atomic E-state index is 9.62. The average Bonchev–Trinajstić information content (AvgIpc) is 2.07. The van der Waals surface area contributed by atoms with E-state index in [0.717, 1.165) is 13.2 Å². The van der Waals surface area contributed by atoms with Crippen LogP contribution in [0.2, 0.25) is 0 Å². The lowest BCUT2D eigenvalue weighted by Gasteiger charge is -1.76. The topological polar surface area (TPSA) is 9.23 Å². The number of rotatable bonds is 0. The number of hydrogen-bond donors (Lipinski definition) is 0. The van der Waals surface area contributed by atoms with Crippen molar-refractivity contribution in [2.75, 3.05) is 13.2 Å². The SMILES string of the molecule is C1CCOC1.F[N+](F)(F)F.[F-].